The van der Waals surface area contributed by atoms with Gasteiger partial charge in [0.25, 0.3) is 0 Å². The maximum absolute atomic E-state index is 12.5. The predicted octanol–water partition coefficient (Wildman–Crippen LogP) is 1.85. The van der Waals surface area contributed by atoms with E-state index in [-0.39, 0.29) is 29.4 Å². The van der Waals surface area contributed by atoms with E-state index in [1.54, 1.807) is 11.3 Å². The van der Waals surface area contributed by atoms with Gasteiger partial charge in [0.1, 0.15) is 0 Å². The molecule has 104 valence electrons. The van der Waals surface area contributed by atoms with Crippen LogP contribution in [0, 0.1) is 5.92 Å². The number of carbonyl (C=O) groups is 1. The van der Waals surface area contributed by atoms with Crippen LogP contribution in [0.2, 0.25) is 0 Å². The number of thiophene rings is 1. The molecular formula is C13H17NO3S2. The van der Waals surface area contributed by atoms with Crippen molar-refractivity contribution in [2.45, 2.75) is 25.3 Å². The van der Waals surface area contributed by atoms with Crippen molar-refractivity contribution >= 4 is 27.1 Å². The molecule has 0 radical (unpaired) electrons. The van der Waals surface area contributed by atoms with Gasteiger partial charge in [-0.15, -0.1) is 11.3 Å². The first-order valence-electron chi connectivity index (χ1n) is 6.61. The number of rotatable bonds is 2. The molecule has 1 aromatic heterocycles. The zero-order valence-electron chi connectivity index (χ0n) is 10.6. The maximum Gasteiger partial charge on any atom is 0.227 e. The van der Waals surface area contributed by atoms with Crippen molar-refractivity contribution in [1.82, 2.24) is 4.90 Å². The van der Waals surface area contributed by atoms with Crippen LogP contribution in [0.1, 0.15) is 30.2 Å². The molecule has 1 amide bonds. The average molecular weight is 299 g/mol. The second kappa shape index (κ2) is 4.90. The minimum atomic E-state index is -2.99. The van der Waals surface area contributed by atoms with Crippen molar-refractivity contribution in [3.05, 3.63) is 22.4 Å². The Morgan fingerprint density at radius 1 is 1.37 bits per heavy atom. The molecule has 0 unspecified atom stereocenters. The quantitative estimate of drug-likeness (QED) is 0.837. The molecule has 2 aliphatic heterocycles. The molecule has 2 aliphatic rings. The van der Waals surface area contributed by atoms with Gasteiger partial charge in [0.15, 0.2) is 9.84 Å². The Kier molecular flexibility index (Phi) is 3.39. The Bertz CT molecular complexity index is 565. The molecule has 19 heavy (non-hydrogen) atoms. The highest BCUT2D eigenvalue weighted by atomic mass is 32.2. The lowest BCUT2D eigenvalue weighted by molar-refractivity contribution is -0.135. The zero-order chi connectivity index (χ0) is 13.5. The minimum absolute atomic E-state index is 0.0389. The van der Waals surface area contributed by atoms with Crippen molar-refractivity contribution in [3.63, 3.8) is 0 Å². The zero-order valence-corrected chi connectivity index (χ0v) is 12.3. The van der Waals surface area contributed by atoms with Crippen molar-refractivity contribution in [3.8, 4) is 0 Å². The van der Waals surface area contributed by atoms with E-state index < -0.39 is 9.84 Å². The van der Waals surface area contributed by atoms with E-state index in [2.05, 4.69) is 6.07 Å². The molecule has 0 spiro atoms. The number of hydrogen-bond donors (Lipinski definition) is 0. The summed E-state index contributed by atoms with van der Waals surface area (Å²) in [5.74, 6) is -0.0667. The summed E-state index contributed by atoms with van der Waals surface area (Å²) in [6, 6.07) is 4.23. The first-order chi connectivity index (χ1) is 9.07. The van der Waals surface area contributed by atoms with E-state index in [9.17, 15) is 13.2 Å². The molecule has 0 bridgehead atoms. The number of carbonyl (C=O) groups excluding carboxylic acids is 1. The van der Waals surface area contributed by atoms with Crippen molar-refractivity contribution < 1.29 is 13.2 Å². The van der Waals surface area contributed by atoms with E-state index in [0.717, 1.165) is 19.4 Å². The summed E-state index contributed by atoms with van der Waals surface area (Å²) < 4.78 is 23.0. The molecule has 2 fully saturated rings. The van der Waals surface area contributed by atoms with Gasteiger partial charge >= 0.3 is 0 Å². The fourth-order valence-corrected chi connectivity index (χ4v) is 5.64. The number of nitrogens with zero attached hydrogens (tertiary/aromatic N) is 1. The SMILES string of the molecule is O=C([C@H]1CCS(=O)(=O)C1)N1CCC[C@H]1c1cccs1. The Morgan fingerprint density at radius 2 is 2.21 bits per heavy atom. The third-order valence-corrected chi connectivity index (χ3v) is 6.73. The monoisotopic (exact) mass is 299 g/mol. The topological polar surface area (TPSA) is 54.5 Å². The first-order valence-corrected chi connectivity index (χ1v) is 9.31. The summed E-state index contributed by atoms with van der Waals surface area (Å²) in [5, 5.41) is 2.02. The molecule has 3 rings (SSSR count). The highest BCUT2D eigenvalue weighted by molar-refractivity contribution is 7.91. The Labute approximate surface area is 117 Å². The summed E-state index contributed by atoms with van der Waals surface area (Å²) in [5.41, 5.74) is 0. The van der Waals surface area contributed by atoms with Crippen LogP contribution in [-0.2, 0) is 14.6 Å². The Hall–Kier alpha value is -0.880. The van der Waals surface area contributed by atoms with E-state index in [1.807, 2.05) is 16.3 Å². The van der Waals surface area contributed by atoms with Crippen LogP contribution in [0.25, 0.3) is 0 Å². The molecule has 0 aromatic carbocycles. The number of hydrogen-bond acceptors (Lipinski definition) is 4. The van der Waals surface area contributed by atoms with Crippen LogP contribution < -0.4 is 0 Å². The van der Waals surface area contributed by atoms with Gasteiger partial charge in [-0.3, -0.25) is 4.79 Å². The Balaban J connectivity index is 1.76. The van der Waals surface area contributed by atoms with Crippen LogP contribution in [0.3, 0.4) is 0 Å². The lowest BCUT2D eigenvalue weighted by atomic mass is 10.1. The number of likely N-dealkylation sites (tertiary alicyclic amines) is 1. The van der Waals surface area contributed by atoms with Gasteiger partial charge in [0.2, 0.25) is 5.91 Å². The highest BCUT2D eigenvalue weighted by Gasteiger charge is 2.39. The van der Waals surface area contributed by atoms with Gasteiger partial charge in [0, 0.05) is 11.4 Å². The molecule has 1 aromatic rings. The maximum atomic E-state index is 12.5. The molecule has 0 N–H and O–H groups in total. The van der Waals surface area contributed by atoms with Gasteiger partial charge in [-0.2, -0.15) is 0 Å². The third kappa shape index (κ3) is 2.56. The molecular weight excluding hydrogens is 282 g/mol. The third-order valence-electron chi connectivity index (χ3n) is 3.99. The van der Waals surface area contributed by atoms with E-state index >= 15 is 0 Å². The van der Waals surface area contributed by atoms with Crippen LogP contribution in [0.4, 0.5) is 0 Å². The van der Waals surface area contributed by atoms with E-state index in [4.69, 9.17) is 0 Å². The molecule has 6 heteroatoms. The highest BCUT2D eigenvalue weighted by Crippen LogP contribution is 2.36. The second-order valence-corrected chi connectivity index (χ2v) is 8.51. The summed E-state index contributed by atoms with van der Waals surface area (Å²) in [6.45, 7) is 0.762. The summed E-state index contributed by atoms with van der Waals surface area (Å²) in [7, 11) is -2.99. The van der Waals surface area contributed by atoms with Crippen LogP contribution in [0.5, 0.6) is 0 Å². The summed E-state index contributed by atoms with van der Waals surface area (Å²) in [4.78, 5) is 15.6. The minimum Gasteiger partial charge on any atom is -0.335 e. The summed E-state index contributed by atoms with van der Waals surface area (Å²) in [6.07, 6.45) is 2.49. The number of amides is 1. The fourth-order valence-electron chi connectivity index (χ4n) is 3.03. The summed E-state index contributed by atoms with van der Waals surface area (Å²) >= 11 is 1.67. The fraction of sp³-hybridized carbons (Fsp3) is 0.615. The predicted molar refractivity (Wildman–Crippen MR) is 74.8 cm³/mol. The Morgan fingerprint density at radius 3 is 2.84 bits per heavy atom. The lowest BCUT2D eigenvalue weighted by Crippen LogP contribution is -2.36. The van der Waals surface area contributed by atoms with Gasteiger partial charge in [-0.1, -0.05) is 6.07 Å². The van der Waals surface area contributed by atoms with Gasteiger partial charge < -0.3 is 4.90 Å². The van der Waals surface area contributed by atoms with Crippen LogP contribution >= 0.6 is 11.3 Å². The van der Waals surface area contributed by atoms with E-state index in [0.29, 0.717) is 6.42 Å². The van der Waals surface area contributed by atoms with E-state index in [1.165, 1.54) is 4.88 Å². The first kappa shape index (κ1) is 13.1. The van der Waals surface area contributed by atoms with Crippen molar-refractivity contribution in [2.75, 3.05) is 18.1 Å². The van der Waals surface area contributed by atoms with Crippen molar-refractivity contribution in [1.29, 1.82) is 0 Å². The van der Waals surface area contributed by atoms with Crippen LogP contribution in [-0.4, -0.2) is 37.3 Å². The molecule has 0 saturated carbocycles. The molecule has 2 saturated heterocycles. The van der Waals surface area contributed by atoms with Gasteiger partial charge in [-0.05, 0) is 30.7 Å². The van der Waals surface area contributed by atoms with Gasteiger partial charge in [-0.25, -0.2) is 8.42 Å². The molecule has 2 atom stereocenters. The second-order valence-electron chi connectivity index (χ2n) is 5.31. The average Bonchev–Trinajstić information content (AvgIpc) is 3.06. The largest absolute Gasteiger partial charge is 0.335 e. The van der Waals surface area contributed by atoms with Crippen molar-refractivity contribution in [2.24, 2.45) is 5.92 Å². The molecule has 4 nitrogen and oxygen atoms in total. The molecule has 3 heterocycles. The smallest absolute Gasteiger partial charge is 0.227 e. The normalized spacial score (nSPS) is 29.8. The van der Waals surface area contributed by atoms with Gasteiger partial charge in [0.05, 0.1) is 23.5 Å². The lowest BCUT2D eigenvalue weighted by Gasteiger charge is -2.26. The standard InChI is InChI=1S/C13H17NO3S2/c15-13(10-5-8-19(16,17)9-10)14-6-1-3-11(14)12-4-2-7-18-12/h2,4,7,10-11H,1,3,5-6,8-9H2/t10-,11-/m0/s1. The number of sulfone groups is 1. The van der Waals surface area contributed by atoms with Crippen LogP contribution in [0.15, 0.2) is 17.5 Å². The molecule has 0 aliphatic carbocycles.